The number of nitrogens with one attached hydrogen (secondary N) is 1. The highest BCUT2D eigenvalue weighted by atomic mass is 32.2. The van der Waals surface area contributed by atoms with E-state index in [0.29, 0.717) is 22.5 Å². The molecule has 1 saturated heterocycles. The van der Waals surface area contributed by atoms with Gasteiger partial charge in [0.2, 0.25) is 0 Å². The molecular formula is C12H23NOS. The molecule has 0 aromatic carbocycles. The van der Waals surface area contributed by atoms with Gasteiger partial charge in [0.05, 0.1) is 5.25 Å². The van der Waals surface area contributed by atoms with Crippen LogP contribution in [0.1, 0.15) is 40.0 Å². The van der Waals surface area contributed by atoms with Crippen molar-refractivity contribution in [2.45, 2.75) is 56.6 Å². The minimum absolute atomic E-state index is 0.378. The van der Waals surface area contributed by atoms with E-state index in [1.807, 2.05) is 0 Å². The lowest BCUT2D eigenvalue weighted by atomic mass is 9.80. The smallest absolute Gasteiger partial charge is 0.0529 e. The number of hydrogen-bond donors (Lipinski definition) is 1. The predicted octanol–water partition coefficient (Wildman–Crippen LogP) is 1.92. The van der Waals surface area contributed by atoms with Crippen molar-refractivity contribution in [2.75, 3.05) is 6.54 Å². The first-order valence-corrected chi connectivity index (χ1v) is 7.50. The van der Waals surface area contributed by atoms with Gasteiger partial charge in [0.1, 0.15) is 0 Å². The zero-order valence-electron chi connectivity index (χ0n) is 10.0. The summed E-state index contributed by atoms with van der Waals surface area (Å²) < 4.78 is 12.4. The Morgan fingerprint density at radius 1 is 1.20 bits per heavy atom. The van der Waals surface area contributed by atoms with Crippen molar-refractivity contribution in [1.82, 2.24) is 5.32 Å². The van der Waals surface area contributed by atoms with Crippen molar-refractivity contribution >= 4 is 10.8 Å². The molecule has 88 valence electrons. The van der Waals surface area contributed by atoms with Crippen LogP contribution < -0.4 is 5.32 Å². The molecule has 1 aliphatic carbocycles. The Bertz CT molecular complexity index is 256. The van der Waals surface area contributed by atoms with Gasteiger partial charge < -0.3 is 5.32 Å². The summed E-state index contributed by atoms with van der Waals surface area (Å²) in [4.78, 5) is 0. The average Bonchev–Trinajstić information content (AvgIpc) is 2.27. The molecule has 0 amide bonds. The third-order valence-electron chi connectivity index (χ3n) is 4.01. The van der Waals surface area contributed by atoms with Crippen LogP contribution in [0, 0.1) is 11.8 Å². The van der Waals surface area contributed by atoms with E-state index in [9.17, 15) is 4.21 Å². The number of rotatable bonds is 0. The molecule has 1 heterocycles. The van der Waals surface area contributed by atoms with Gasteiger partial charge in [-0.2, -0.15) is 0 Å². The Hall–Kier alpha value is 0.110. The zero-order valence-corrected chi connectivity index (χ0v) is 10.8. The average molecular weight is 229 g/mol. The summed E-state index contributed by atoms with van der Waals surface area (Å²) in [6.07, 6.45) is 3.54. The van der Waals surface area contributed by atoms with Crippen LogP contribution in [0.4, 0.5) is 0 Å². The van der Waals surface area contributed by atoms with Crippen LogP contribution in [-0.2, 0) is 10.8 Å². The molecule has 1 aliphatic heterocycles. The lowest BCUT2D eigenvalue weighted by molar-refractivity contribution is 0.249. The Morgan fingerprint density at radius 2 is 1.93 bits per heavy atom. The van der Waals surface area contributed by atoms with Gasteiger partial charge in [0.25, 0.3) is 0 Å². The Kier molecular flexibility index (Phi) is 3.51. The first-order chi connectivity index (χ1) is 7.09. The van der Waals surface area contributed by atoms with E-state index in [-0.39, 0.29) is 0 Å². The molecule has 0 bridgehead atoms. The third kappa shape index (κ3) is 2.28. The van der Waals surface area contributed by atoms with Crippen molar-refractivity contribution in [3.05, 3.63) is 0 Å². The molecule has 2 rings (SSSR count). The maximum atomic E-state index is 12.4. The van der Waals surface area contributed by atoms with Crippen LogP contribution >= 0.6 is 0 Å². The fourth-order valence-corrected chi connectivity index (χ4v) is 5.26. The van der Waals surface area contributed by atoms with Gasteiger partial charge in [0, 0.05) is 22.1 Å². The van der Waals surface area contributed by atoms with E-state index in [1.54, 1.807) is 0 Å². The zero-order chi connectivity index (χ0) is 11.0. The van der Waals surface area contributed by atoms with E-state index >= 15 is 0 Å². The maximum absolute atomic E-state index is 12.4. The molecule has 1 saturated carbocycles. The van der Waals surface area contributed by atoms with E-state index in [2.05, 4.69) is 26.1 Å². The Morgan fingerprint density at radius 3 is 2.67 bits per heavy atom. The van der Waals surface area contributed by atoms with Gasteiger partial charge in [-0.3, -0.25) is 4.21 Å². The molecule has 15 heavy (non-hydrogen) atoms. The summed E-state index contributed by atoms with van der Waals surface area (Å²) >= 11 is 0. The first-order valence-electron chi connectivity index (χ1n) is 6.22. The highest BCUT2D eigenvalue weighted by Gasteiger charge is 2.40. The molecule has 2 aliphatic rings. The first kappa shape index (κ1) is 11.6. The second kappa shape index (κ2) is 4.54. The summed E-state index contributed by atoms with van der Waals surface area (Å²) in [5.41, 5.74) is 0. The van der Waals surface area contributed by atoms with Crippen molar-refractivity contribution in [3.8, 4) is 0 Å². The second-order valence-corrected chi connectivity index (χ2v) is 7.51. The lowest BCUT2D eigenvalue weighted by Crippen LogP contribution is -2.49. The predicted molar refractivity (Wildman–Crippen MR) is 65.4 cm³/mol. The minimum atomic E-state index is -0.626. The summed E-state index contributed by atoms with van der Waals surface area (Å²) in [5.74, 6) is 1.41. The van der Waals surface area contributed by atoms with Gasteiger partial charge in [-0.1, -0.05) is 20.8 Å². The standard InChI is InChI=1S/C12H23NOS/c1-8-6-9(2)12-11(7-8)13-5-4-10(3)15(12)14/h8-13H,4-7H2,1-3H3. The van der Waals surface area contributed by atoms with E-state index in [4.69, 9.17) is 0 Å². The van der Waals surface area contributed by atoms with Crippen LogP contribution in [0.3, 0.4) is 0 Å². The highest BCUT2D eigenvalue weighted by Crippen LogP contribution is 2.34. The van der Waals surface area contributed by atoms with E-state index in [1.165, 1.54) is 12.8 Å². The van der Waals surface area contributed by atoms with Crippen LogP contribution in [-0.4, -0.2) is 27.3 Å². The highest BCUT2D eigenvalue weighted by molar-refractivity contribution is 7.86. The Balaban J connectivity index is 2.18. The minimum Gasteiger partial charge on any atom is -0.313 e. The van der Waals surface area contributed by atoms with E-state index in [0.717, 1.165) is 18.9 Å². The quantitative estimate of drug-likeness (QED) is 0.687. The molecule has 0 aromatic heterocycles. The molecule has 2 nitrogen and oxygen atoms in total. The van der Waals surface area contributed by atoms with Crippen LogP contribution in [0.25, 0.3) is 0 Å². The van der Waals surface area contributed by atoms with Crippen LogP contribution in [0.5, 0.6) is 0 Å². The maximum Gasteiger partial charge on any atom is 0.0529 e. The Labute approximate surface area is 95.7 Å². The summed E-state index contributed by atoms with van der Waals surface area (Å²) in [7, 11) is -0.626. The number of fused-ring (bicyclic) bond motifs is 1. The fraction of sp³-hybridized carbons (Fsp3) is 1.00. The van der Waals surface area contributed by atoms with Crippen LogP contribution in [0.2, 0.25) is 0 Å². The van der Waals surface area contributed by atoms with Crippen molar-refractivity contribution in [3.63, 3.8) is 0 Å². The third-order valence-corrected chi connectivity index (χ3v) is 6.37. The van der Waals surface area contributed by atoms with Gasteiger partial charge in [-0.25, -0.2) is 0 Å². The largest absolute Gasteiger partial charge is 0.313 e. The van der Waals surface area contributed by atoms with E-state index < -0.39 is 10.8 Å². The van der Waals surface area contributed by atoms with Gasteiger partial charge in [-0.05, 0) is 37.6 Å². The fourth-order valence-electron chi connectivity index (χ4n) is 3.28. The molecule has 0 spiro atoms. The SMILES string of the molecule is CC1CC(C)C2C(C1)NCCC(C)S2=O. The van der Waals surface area contributed by atoms with Crippen LogP contribution in [0.15, 0.2) is 0 Å². The van der Waals surface area contributed by atoms with Crippen molar-refractivity contribution < 1.29 is 4.21 Å². The monoisotopic (exact) mass is 229 g/mol. The molecule has 0 radical (unpaired) electrons. The summed E-state index contributed by atoms with van der Waals surface area (Å²) in [6.45, 7) is 7.80. The molecular weight excluding hydrogens is 206 g/mol. The topological polar surface area (TPSA) is 29.1 Å². The molecule has 6 atom stereocenters. The second-order valence-electron chi connectivity index (χ2n) is 5.51. The molecule has 0 aromatic rings. The molecule has 3 heteroatoms. The number of hydrogen-bond acceptors (Lipinski definition) is 2. The van der Waals surface area contributed by atoms with Crippen molar-refractivity contribution in [2.24, 2.45) is 11.8 Å². The molecule has 2 fully saturated rings. The van der Waals surface area contributed by atoms with Gasteiger partial charge in [0.15, 0.2) is 0 Å². The van der Waals surface area contributed by atoms with Gasteiger partial charge >= 0.3 is 0 Å². The summed E-state index contributed by atoms with van der Waals surface area (Å²) in [6, 6.07) is 0.509. The normalized spacial score (nSPS) is 51.9. The van der Waals surface area contributed by atoms with Crippen molar-refractivity contribution in [1.29, 1.82) is 0 Å². The lowest BCUT2D eigenvalue weighted by Gasteiger charge is -2.38. The summed E-state index contributed by atoms with van der Waals surface area (Å²) in [5, 5.41) is 4.39. The molecule has 6 unspecified atom stereocenters. The molecule has 1 N–H and O–H groups in total. The van der Waals surface area contributed by atoms with Gasteiger partial charge in [-0.15, -0.1) is 0 Å².